The minimum Gasteiger partial charge on any atom is -0.497 e. The molecule has 1 aromatic rings. The lowest BCUT2D eigenvalue weighted by Crippen LogP contribution is -2.38. The fraction of sp³-hybridized carbons (Fsp3) is 0.611. The Balaban J connectivity index is 1.74. The maximum Gasteiger partial charge on any atom is 0.191 e. The molecule has 1 aliphatic heterocycles. The van der Waals surface area contributed by atoms with Gasteiger partial charge in [0.2, 0.25) is 0 Å². The average molecular weight is 334 g/mol. The Morgan fingerprint density at radius 1 is 1.17 bits per heavy atom. The Morgan fingerprint density at radius 3 is 2.62 bits per heavy atom. The van der Waals surface area contributed by atoms with Gasteiger partial charge in [-0.15, -0.1) is 0 Å². The van der Waals surface area contributed by atoms with E-state index in [1.54, 1.807) is 21.3 Å². The quantitative estimate of drug-likeness (QED) is 0.432. The molecule has 0 radical (unpaired) electrons. The number of likely N-dealkylation sites (tertiary alicyclic amines) is 1. The molecule has 0 spiro atoms. The van der Waals surface area contributed by atoms with Crippen molar-refractivity contribution >= 4 is 5.96 Å². The first-order valence-corrected chi connectivity index (χ1v) is 8.64. The van der Waals surface area contributed by atoms with Crippen LogP contribution >= 0.6 is 0 Å². The van der Waals surface area contributed by atoms with Gasteiger partial charge >= 0.3 is 0 Å². The summed E-state index contributed by atoms with van der Waals surface area (Å²) in [5.74, 6) is 2.42. The molecule has 134 valence electrons. The Bertz CT molecular complexity index is 528. The van der Waals surface area contributed by atoms with Gasteiger partial charge in [0.25, 0.3) is 0 Å². The number of methoxy groups -OCH3 is 2. The third kappa shape index (κ3) is 5.60. The van der Waals surface area contributed by atoms with E-state index in [-0.39, 0.29) is 0 Å². The van der Waals surface area contributed by atoms with E-state index < -0.39 is 0 Å². The van der Waals surface area contributed by atoms with Gasteiger partial charge in [0, 0.05) is 31.8 Å². The SMILES string of the molecule is CN=C(NCCCN1CCCC1)NCc1ccc(OC)cc1OC. The molecule has 0 bridgehead atoms. The van der Waals surface area contributed by atoms with Gasteiger partial charge in [-0.25, -0.2) is 0 Å². The van der Waals surface area contributed by atoms with Crippen LogP contribution in [0.3, 0.4) is 0 Å². The van der Waals surface area contributed by atoms with Crippen LogP contribution in [0.2, 0.25) is 0 Å². The summed E-state index contributed by atoms with van der Waals surface area (Å²) >= 11 is 0. The standard InChI is InChI=1S/C18H30N4O2/c1-19-18(20-9-6-12-22-10-4-5-11-22)21-14-15-7-8-16(23-2)13-17(15)24-3/h7-8,13H,4-6,9-12,14H2,1-3H3,(H2,19,20,21). The summed E-state index contributed by atoms with van der Waals surface area (Å²) in [5.41, 5.74) is 1.07. The van der Waals surface area contributed by atoms with E-state index in [1.165, 1.54) is 25.9 Å². The number of rotatable bonds is 8. The summed E-state index contributed by atoms with van der Waals surface area (Å²) in [4.78, 5) is 6.80. The van der Waals surface area contributed by atoms with E-state index in [0.29, 0.717) is 6.54 Å². The van der Waals surface area contributed by atoms with Crippen molar-refractivity contribution in [2.45, 2.75) is 25.8 Å². The number of hydrogen-bond donors (Lipinski definition) is 2. The van der Waals surface area contributed by atoms with Gasteiger partial charge in [0.15, 0.2) is 5.96 Å². The number of benzene rings is 1. The van der Waals surface area contributed by atoms with Crippen molar-refractivity contribution in [2.75, 3.05) is 47.4 Å². The predicted octanol–water partition coefficient (Wildman–Crippen LogP) is 1.85. The Kier molecular flexibility index (Phi) is 7.68. The minimum absolute atomic E-state index is 0.652. The molecule has 0 unspecified atom stereocenters. The van der Waals surface area contributed by atoms with Crippen LogP contribution in [0.1, 0.15) is 24.8 Å². The van der Waals surface area contributed by atoms with Crippen LogP contribution in [0.25, 0.3) is 0 Å². The number of nitrogens with zero attached hydrogens (tertiary/aromatic N) is 2. The second kappa shape index (κ2) is 10.0. The van der Waals surface area contributed by atoms with Crippen molar-refractivity contribution in [3.05, 3.63) is 23.8 Å². The molecular formula is C18H30N4O2. The third-order valence-corrected chi connectivity index (χ3v) is 4.31. The van der Waals surface area contributed by atoms with Gasteiger partial charge in [-0.1, -0.05) is 0 Å². The Morgan fingerprint density at radius 2 is 1.96 bits per heavy atom. The maximum absolute atomic E-state index is 5.42. The zero-order chi connectivity index (χ0) is 17.2. The molecule has 0 amide bonds. The Labute approximate surface area is 145 Å². The van der Waals surface area contributed by atoms with Crippen molar-refractivity contribution in [1.82, 2.24) is 15.5 Å². The van der Waals surface area contributed by atoms with Crippen molar-refractivity contribution < 1.29 is 9.47 Å². The second-order valence-corrected chi connectivity index (χ2v) is 5.93. The zero-order valence-corrected chi connectivity index (χ0v) is 15.1. The Hall–Kier alpha value is -1.95. The van der Waals surface area contributed by atoms with E-state index in [9.17, 15) is 0 Å². The first-order chi connectivity index (χ1) is 11.8. The largest absolute Gasteiger partial charge is 0.497 e. The lowest BCUT2D eigenvalue weighted by molar-refractivity contribution is 0.334. The smallest absolute Gasteiger partial charge is 0.191 e. The van der Waals surface area contributed by atoms with Gasteiger partial charge < -0.3 is 25.0 Å². The third-order valence-electron chi connectivity index (χ3n) is 4.31. The highest BCUT2D eigenvalue weighted by Crippen LogP contribution is 2.24. The van der Waals surface area contributed by atoms with E-state index in [2.05, 4.69) is 20.5 Å². The summed E-state index contributed by atoms with van der Waals surface area (Å²) < 4.78 is 10.6. The van der Waals surface area contributed by atoms with Gasteiger partial charge in [-0.2, -0.15) is 0 Å². The summed E-state index contributed by atoms with van der Waals surface area (Å²) in [6.45, 7) is 5.25. The van der Waals surface area contributed by atoms with E-state index in [4.69, 9.17) is 9.47 Å². The minimum atomic E-state index is 0.652. The summed E-state index contributed by atoms with van der Waals surface area (Å²) in [6, 6.07) is 5.83. The lowest BCUT2D eigenvalue weighted by atomic mass is 10.2. The molecule has 1 aromatic carbocycles. The van der Waals surface area contributed by atoms with Gasteiger partial charge in [0.1, 0.15) is 11.5 Å². The van der Waals surface area contributed by atoms with Crippen LogP contribution in [-0.2, 0) is 6.54 Å². The molecule has 2 rings (SSSR count). The number of aliphatic imine (C=N–C) groups is 1. The highest BCUT2D eigenvalue weighted by molar-refractivity contribution is 5.79. The van der Waals surface area contributed by atoms with E-state index in [0.717, 1.165) is 42.5 Å². The molecule has 1 aliphatic rings. The lowest BCUT2D eigenvalue weighted by Gasteiger charge is -2.16. The molecule has 0 aliphatic carbocycles. The highest BCUT2D eigenvalue weighted by atomic mass is 16.5. The number of nitrogens with one attached hydrogen (secondary N) is 2. The topological polar surface area (TPSA) is 58.1 Å². The second-order valence-electron chi connectivity index (χ2n) is 5.93. The van der Waals surface area contributed by atoms with Crippen molar-refractivity contribution in [3.63, 3.8) is 0 Å². The molecule has 6 nitrogen and oxygen atoms in total. The first kappa shape index (κ1) is 18.4. The summed E-state index contributed by atoms with van der Waals surface area (Å²) in [7, 11) is 5.12. The van der Waals surface area contributed by atoms with Gasteiger partial charge in [-0.3, -0.25) is 4.99 Å². The molecule has 2 N–H and O–H groups in total. The van der Waals surface area contributed by atoms with Crippen molar-refractivity contribution in [2.24, 2.45) is 4.99 Å². The predicted molar refractivity (Wildman–Crippen MR) is 98.0 cm³/mol. The number of hydrogen-bond acceptors (Lipinski definition) is 4. The van der Waals surface area contributed by atoms with Crippen molar-refractivity contribution in [3.8, 4) is 11.5 Å². The molecule has 24 heavy (non-hydrogen) atoms. The van der Waals surface area contributed by atoms with Gasteiger partial charge in [0.05, 0.1) is 14.2 Å². The molecule has 1 fully saturated rings. The molecular weight excluding hydrogens is 304 g/mol. The van der Waals surface area contributed by atoms with Crippen molar-refractivity contribution in [1.29, 1.82) is 0 Å². The van der Waals surface area contributed by atoms with Crippen LogP contribution in [-0.4, -0.2) is 58.3 Å². The van der Waals surface area contributed by atoms with Crippen LogP contribution in [0.15, 0.2) is 23.2 Å². The molecule has 0 aromatic heterocycles. The van der Waals surface area contributed by atoms with E-state index >= 15 is 0 Å². The van der Waals surface area contributed by atoms with Crippen LogP contribution in [0, 0.1) is 0 Å². The fourth-order valence-electron chi connectivity index (χ4n) is 2.91. The summed E-state index contributed by atoms with van der Waals surface area (Å²) in [5, 5.41) is 6.70. The molecule has 0 saturated carbocycles. The van der Waals surface area contributed by atoms with Crippen LogP contribution in [0.4, 0.5) is 0 Å². The number of guanidine groups is 1. The van der Waals surface area contributed by atoms with Crippen LogP contribution < -0.4 is 20.1 Å². The van der Waals surface area contributed by atoms with E-state index in [1.807, 2.05) is 18.2 Å². The molecule has 6 heteroatoms. The maximum atomic E-state index is 5.42. The molecule has 0 atom stereocenters. The molecule has 1 heterocycles. The van der Waals surface area contributed by atoms with Crippen LogP contribution in [0.5, 0.6) is 11.5 Å². The monoisotopic (exact) mass is 334 g/mol. The first-order valence-electron chi connectivity index (χ1n) is 8.64. The normalized spacial score (nSPS) is 15.4. The fourth-order valence-corrected chi connectivity index (χ4v) is 2.91. The molecule has 1 saturated heterocycles. The summed E-state index contributed by atoms with van der Waals surface area (Å²) in [6.07, 6.45) is 3.83. The number of ether oxygens (including phenoxy) is 2. The average Bonchev–Trinajstić information content (AvgIpc) is 3.14. The highest BCUT2D eigenvalue weighted by Gasteiger charge is 2.10. The zero-order valence-electron chi connectivity index (χ0n) is 15.1. The van der Waals surface area contributed by atoms with Gasteiger partial charge in [-0.05, 0) is 51.0 Å².